The van der Waals surface area contributed by atoms with Gasteiger partial charge >= 0.3 is 6.03 Å². The molecule has 2 aliphatic rings. The number of fused-ring (bicyclic) bond motifs is 1. The van der Waals surface area contributed by atoms with Crippen molar-refractivity contribution < 1.29 is 14.3 Å². The summed E-state index contributed by atoms with van der Waals surface area (Å²) < 4.78 is 6.13. The van der Waals surface area contributed by atoms with Crippen molar-refractivity contribution in [2.24, 2.45) is 0 Å². The Morgan fingerprint density at radius 1 is 0.851 bits per heavy atom. The van der Waals surface area contributed by atoms with Crippen LogP contribution in [-0.2, 0) is 4.79 Å². The number of para-hydroxylation sites is 2. The van der Waals surface area contributed by atoms with E-state index in [0.717, 1.165) is 65.2 Å². The molecule has 3 aromatic rings. The van der Waals surface area contributed by atoms with Gasteiger partial charge in [0.05, 0.1) is 18.3 Å². The number of unbranched alkanes of at least 4 members (excludes halogenated alkanes) is 1. The van der Waals surface area contributed by atoms with Gasteiger partial charge in [0.15, 0.2) is 0 Å². The lowest BCUT2D eigenvalue weighted by Crippen LogP contribution is -2.52. The second-order valence-electron chi connectivity index (χ2n) is 13.7. The molecule has 7 nitrogen and oxygen atoms in total. The zero-order valence-electron chi connectivity index (χ0n) is 29.1. The summed E-state index contributed by atoms with van der Waals surface area (Å²) in [5.41, 5.74) is 5.97. The molecule has 2 aliphatic heterocycles. The van der Waals surface area contributed by atoms with Gasteiger partial charge in [-0.1, -0.05) is 96.0 Å². The lowest BCUT2D eigenvalue weighted by molar-refractivity contribution is -0.117. The van der Waals surface area contributed by atoms with Gasteiger partial charge in [-0.15, -0.1) is 0 Å². The van der Waals surface area contributed by atoms with Crippen LogP contribution in [0.2, 0.25) is 0 Å². The Morgan fingerprint density at radius 2 is 1.53 bits per heavy atom. The van der Waals surface area contributed by atoms with Gasteiger partial charge in [-0.3, -0.25) is 9.69 Å². The Labute approximate surface area is 282 Å². The number of carbonyl (C=O) groups excluding carboxylic acids is 2. The van der Waals surface area contributed by atoms with Crippen LogP contribution < -0.4 is 15.0 Å². The lowest BCUT2D eigenvalue weighted by atomic mass is 9.92. The number of nitrogens with one attached hydrogen (secondary N) is 1. The van der Waals surface area contributed by atoms with E-state index >= 15 is 0 Å². The third kappa shape index (κ3) is 8.36. The van der Waals surface area contributed by atoms with Crippen molar-refractivity contribution in [1.82, 2.24) is 9.80 Å². The quantitative estimate of drug-likeness (QED) is 0.179. The van der Waals surface area contributed by atoms with Gasteiger partial charge in [0.2, 0.25) is 5.91 Å². The van der Waals surface area contributed by atoms with E-state index in [1.165, 1.54) is 32.4 Å². The normalized spacial score (nSPS) is 16.9. The highest BCUT2D eigenvalue weighted by molar-refractivity contribution is 6.01. The van der Waals surface area contributed by atoms with Crippen molar-refractivity contribution in [2.45, 2.75) is 91.0 Å². The minimum absolute atomic E-state index is 0.0564. The first-order chi connectivity index (χ1) is 22.8. The van der Waals surface area contributed by atoms with Crippen LogP contribution in [0.15, 0.2) is 66.7 Å². The molecule has 0 aliphatic carbocycles. The molecule has 1 fully saturated rings. The predicted octanol–water partition coefficient (Wildman–Crippen LogP) is 8.96. The van der Waals surface area contributed by atoms with E-state index in [4.69, 9.17) is 4.74 Å². The van der Waals surface area contributed by atoms with E-state index in [-0.39, 0.29) is 30.3 Å². The van der Waals surface area contributed by atoms with Gasteiger partial charge in [-0.2, -0.15) is 0 Å². The summed E-state index contributed by atoms with van der Waals surface area (Å²) in [6, 6.07) is 21.9. The number of hydrogen-bond acceptors (Lipinski definition) is 4. The molecule has 47 heavy (non-hydrogen) atoms. The average Bonchev–Trinajstić information content (AvgIpc) is 3.07. The van der Waals surface area contributed by atoms with Crippen molar-refractivity contribution in [1.29, 1.82) is 0 Å². The number of hydrogen-bond donors (Lipinski definition) is 1. The number of carbonyl (C=O) groups is 2. The highest BCUT2D eigenvalue weighted by atomic mass is 16.5. The minimum Gasteiger partial charge on any atom is -0.494 e. The summed E-state index contributed by atoms with van der Waals surface area (Å²) in [6.45, 7) is 15.4. The van der Waals surface area contributed by atoms with E-state index in [9.17, 15) is 9.59 Å². The van der Waals surface area contributed by atoms with Crippen molar-refractivity contribution in [3.63, 3.8) is 0 Å². The third-order valence-electron chi connectivity index (χ3n) is 9.53. The molecule has 0 bridgehead atoms. The molecule has 3 aromatic carbocycles. The number of urea groups is 1. The van der Waals surface area contributed by atoms with Crippen molar-refractivity contribution >= 4 is 23.3 Å². The molecule has 0 saturated carbocycles. The number of nitrogens with zero attached hydrogens (tertiary/aromatic N) is 3. The zero-order chi connectivity index (χ0) is 33.3. The maximum atomic E-state index is 14.3. The molecular weight excluding hydrogens is 584 g/mol. The Kier molecular flexibility index (Phi) is 12.0. The average molecular weight is 639 g/mol. The number of ether oxygens (including phenoxy) is 1. The number of benzene rings is 3. The van der Waals surface area contributed by atoms with Crippen LogP contribution >= 0.6 is 0 Å². The van der Waals surface area contributed by atoms with Crippen LogP contribution in [0.1, 0.15) is 113 Å². The van der Waals surface area contributed by atoms with Crippen molar-refractivity contribution in [3.8, 4) is 5.75 Å². The minimum atomic E-state index is -0.402. The Hall–Kier alpha value is -3.84. The molecule has 252 valence electrons. The fourth-order valence-corrected chi connectivity index (χ4v) is 6.99. The van der Waals surface area contributed by atoms with Crippen LogP contribution in [0, 0.1) is 0 Å². The van der Waals surface area contributed by atoms with Gasteiger partial charge in [0.25, 0.3) is 0 Å². The monoisotopic (exact) mass is 638 g/mol. The maximum absolute atomic E-state index is 14.3. The largest absolute Gasteiger partial charge is 0.494 e. The maximum Gasteiger partial charge on any atom is 0.325 e. The molecule has 1 unspecified atom stereocenters. The van der Waals surface area contributed by atoms with Gasteiger partial charge in [-0.25, -0.2) is 4.79 Å². The topological polar surface area (TPSA) is 65.1 Å². The third-order valence-corrected chi connectivity index (χ3v) is 9.53. The zero-order valence-corrected chi connectivity index (χ0v) is 29.1. The summed E-state index contributed by atoms with van der Waals surface area (Å²) in [4.78, 5) is 34.4. The highest BCUT2D eigenvalue weighted by Gasteiger charge is 2.39. The molecule has 0 spiro atoms. The second-order valence-corrected chi connectivity index (χ2v) is 13.7. The smallest absolute Gasteiger partial charge is 0.325 e. The van der Waals surface area contributed by atoms with Crippen molar-refractivity contribution in [2.75, 3.05) is 49.5 Å². The Balaban J connectivity index is 1.39. The SMILES string of the molecule is CCCCN1C(=O)N(CC(=O)Nc2c(C(C)C)cccc2C(C)C)C(c2ccc(OCCCN3CCCCC3)cc2)c2ccccc21. The summed E-state index contributed by atoms with van der Waals surface area (Å²) in [5.74, 6) is 1.12. The molecular formula is C40H54N4O3. The Bertz CT molecular complexity index is 1450. The summed E-state index contributed by atoms with van der Waals surface area (Å²) >= 11 is 0. The van der Waals surface area contributed by atoms with E-state index in [1.807, 2.05) is 47.4 Å². The molecule has 2 heterocycles. The van der Waals surface area contributed by atoms with E-state index < -0.39 is 6.04 Å². The number of amides is 3. The fraction of sp³-hybridized carbons (Fsp3) is 0.500. The fourth-order valence-electron chi connectivity index (χ4n) is 6.99. The first-order valence-electron chi connectivity index (χ1n) is 17.8. The standard InChI is InChI=1S/C40H54N4O3/c1-6-7-26-43-36-18-10-9-15-35(36)39(31-19-21-32(22-20-31)47-27-14-25-42-23-11-8-12-24-42)44(40(43)46)28-37(45)41-38-33(29(2)3)16-13-17-34(38)30(4)5/h9-10,13,15-22,29-30,39H,6-8,11-12,14,23-28H2,1-5H3,(H,41,45). The van der Waals surface area contributed by atoms with E-state index in [2.05, 4.69) is 69.1 Å². The van der Waals surface area contributed by atoms with Gasteiger partial charge < -0.3 is 19.9 Å². The molecule has 1 saturated heterocycles. The van der Waals surface area contributed by atoms with Crippen molar-refractivity contribution in [3.05, 3.63) is 89.0 Å². The molecule has 1 N–H and O–H groups in total. The Morgan fingerprint density at radius 3 is 2.19 bits per heavy atom. The van der Waals surface area contributed by atoms with Crippen LogP contribution in [0.4, 0.5) is 16.2 Å². The van der Waals surface area contributed by atoms with Gasteiger partial charge in [-0.05, 0) is 85.5 Å². The molecule has 5 rings (SSSR count). The summed E-state index contributed by atoms with van der Waals surface area (Å²) in [5, 5.41) is 3.25. The van der Waals surface area contributed by atoms with Gasteiger partial charge in [0.1, 0.15) is 12.3 Å². The molecule has 3 amide bonds. The van der Waals surface area contributed by atoms with Gasteiger partial charge in [0, 0.05) is 24.3 Å². The lowest BCUT2D eigenvalue weighted by Gasteiger charge is -2.42. The van der Waals surface area contributed by atoms with Crippen LogP contribution in [0.25, 0.3) is 0 Å². The van der Waals surface area contributed by atoms with E-state index in [0.29, 0.717) is 13.2 Å². The number of likely N-dealkylation sites (tertiary alicyclic amines) is 1. The number of rotatable bonds is 14. The molecule has 7 heteroatoms. The summed E-state index contributed by atoms with van der Waals surface area (Å²) in [7, 11) is 0. The molecule has 0 aromatic heterocycles. The van der Waals surface area contributed by atoms with Crippen LogP contribution in [-0.4, -0.2) is 61.1 Å². The molecule has 0 radical (unpaired) electrons. The summed E-state index contributed by atoms with van der Waals surface area (Å²) in [6.07, 6.45) is 6.80. The van der Waals surface area contributed by atoms with Crippen LogP contribution in [0.3, 0.4) is 0 Å². The van der Waals surface area contributed by atoms with Crippen LogP contribution in [0.5, 0.6) is 5.75 Å². The number of anilines is 2. The number of piperidine rings is 1. The second kappa shape index (κ2) is 16.3. The highest BCUT2D eigenvalue weighted by Crippen LogP contribution is 2.41. The van der Waals surface area contributed by atoms with E-state index in [1.54, 1.807) is 4.90 Å². The molecule has 1 atom stereocenters. The first kappa shape index (κ1) is 34.5. The predicted molar refractivity (Wildman–Crippen MR) is 193 cm³/mol. The first-order valence-corrected chi connectivity index (χ1v) is 17.8.